The maximum absolute atomic E-state index is 8.74. The molecule has 0 aromatic rings. The van der Waals surface area contributed by atoms with Gasteiger partial charge in [-0.05, 0) is 6.42 Å². The van der Waals surface area contributed by atoms with Crippen LogP contribution in [0.15, 0.2) is 0 Å². The molecule has 1 saturated heterocycles. The number of unbranched alkanes of at least 4 members (excludes halogenated alkanes) is 7. The van der Waals surface area contributed by atoms with Crippen LogP contribution in [0.4, 0.5) is 0 Å². The second-order valence-electron chi connectivity index (χ2n) is 5.41. The first-order chi connectivity index (χ1) is 9.93. The van der Waals surface area contributed by atoms with E-state index < -0.39 is 10.4 Å². The summed E-state index contributed by atoms with van der Waals surface area (Å²) >= 11 is 0. The molecule has 1 aliphatic heterocycles. The van der Waals surface area contributed by atoms with Crippen LogP contribution < -0.4 is 5.32 Å². The van der Waals surface area contributed by atoms with Crippen LogP contribution in [-0.4, -0.2) is 43.3 Å². The minimum atomic E-state index is -4.67. The summed E-state index contributed by atoms with van der Waals surface area (Å²) < 4.78 is 37.3. The summed E-state index contributed by atoms with van der Waals surface area (Å²) in [5.74, 6) is 0. The fourth-order valence-electron chi connectivity index (χ4n) is 2.31. The quantitative estimate of drug-likeness (QED) is 0.445. The van der Waals surface area contributed by atoms with Crippen molar-refractivity contribution in [3.05, 3.63) is 0 Å². The van der Waals surface area contributed by atoms with E-state index in [0.29, 0.717) is 6.10 Å². The van der Waals surface area contributed by atoms with E-state index >= 15 is 0 Å². The van der Waals surface area contributed by atoms with Crippen LogP contribution in [0, 0.1) is 0 Å². The third-order valence-corrected chi connectivity index (χ3v) is 3.38. The Hall–Kier alpha value is -0.210. The van der Waals surface area contributed by atoms with Crippen LogP contribution in [0.25, 0.3) is 0 Å². The average Bonchev–Trinajstić information content (AvgIpc) is 2.41. The monoisotopic (exact) mass is 325 g/mol. The Labute approximate surface area is 129 Å². The van der Waals surface area contributed by atoms with Gasteiger partial charge < -0.3 is 10.1 Å². The van der Waals surface area contributed by atoms with Crippen molar-refractivity contribution in [2.75, 3.05) is 19.7 Å². The Balaban J connectivity index is 0.000000690. The van der Waals surface area contributed by atoms with Crippen molar-refractivity contribution < 1.29 is 22.3 Å². The molecule has 0 spiro atoms. The molecule has 21 heavy (non-hydrogen) atoms. The number of nitrogens with one attached hydrogen (secondary N) is 1. The maximum Gasteiger partial charge on any atom is 0.394 e. The van der Waals surface area contributed by atoms with Gasteiger partial charge in [0.2, 0.25) is 0 Å². The molecule has 3 N–H and O–H groups in total. The van der Waals surface area contributed by atoms with Gasteiger partial charge >= 0.3 is 10.4 Å². The molecule has 6 nitrogen and oxygen atoms in total. The van der Waals surface area contributed by atoms with Crippen molar-refractivity contribution in [3.63, 3.8) is 0 Å². The zero-order valence-corrected chi connectivity index (χ0v) is 13.9. The summed E-state index contributed by atoms with van der Waals surface area (Å²) in [6, 6.07) is 0. The lowest BCUT2D eigenvalue weighted by Crippen LogP contribution is -2.38. The first kappa shape index (κ1) is 20.8. The highest BCUT2D eigenvalue weighted by Crippen LogP contribution is 2.12. The molecule has 0 amide bonds. The highest BCUT2D eigenvalue weighted by molar-refractivity contribution is 7.79. The van der Waals surface area contributed by atoms with E-state index in [0.717, 1.165) is 19.7 Å². The molecule has 0 saturated carbocycles. The topological polar surface area (TPSA) is 95.9 Å². The lowest BCUT2D eigenvalue weighted by atomic mass is 10.1. The number of morpholine rings is 1. The smallest absolute Gasteiger partial charge is 0.376 e. The van der Waals surface area contributed by atoms with E-state index in [1.165, 1.54) is 57.8 Å². The molecule has 0 aromatic carbocycles. The zero-order chi connectivity index (χ0) is 16.0. The number of hydrogen-bond acceptors (Lipinski definition) is 4. The Morgan fingerprint density at radius 3 is 2.05 bits per heavy atom. The normalized spacial score (nSPS) is 18.9. The van der Waals surface area contributed by atoms with Crippen molar-refractivity contribution in [1.82, 2.24) is 5.32 Å². The summed E-state index contributed by atoms with van der Waals surface area (Å²) in [5, 5.41) is 3.39. The highest BCUT2D eigenvalue weighted by Gasteiger charge is 2.11. The van der Waals surface area contributed by atoms with Gasteiger partial charge in [0.05, 0.1) is 12.7 Å². The molecule has 7 heteroatoms. The van der Waals surface area contributed by atoms with E-state index in [-0.39, 0.29) is 0 Å². The molecule has 1 rings (SSSR count). The fourth-order valence-corrected chi connectivity index (χ4v) is 2.31. The second-order valence-corrected chi connectivity index (χ2v) is 6.30. The van der Waals surface area contributed by atoms with Crippen LogP contribution in [-0.2, 0) is 15.1 Å². The van der Waals surface area contributed by atoms with E-state index in [4.69, 9.17) is 22.3 Å². The third-order valence-electron chi connectivity index (χ3n) is 3.38. The summed E-state index contributed by atoms with van der Waals surface area (Å²) in [6.45, 7) is 5.28. The molecule has 0 radical (unpaired) electrons. The van der Waals surface area contributed by atoms with E-state index in [1.807, 2.05) is 0 Å². The lowest BCUT2D eigenvalue weighted by Gasteiger charge is -2.23. The fraction of sp³-hybridized carbons (Fsp3) is 1.00. The predicted molar refractivity (Wildman–Crippen MR) is 84.0 cm³/mol. The summed E-state index contributed by atoms with van der Waals surface area (Å²) in [6.07, 6.45) is 13.0. The van der Waals surface area contributed by atoms with Gasteiger partial charge in [0.25, 0.3) is 0 Å². The largest absolute Gasteiger partial charge is 0.394 e. The number of rotatable bonds is 9. The third kappa shape index (κ3) is 19.8. The Morgan fingerprint density at radius 2 is 1.57 bits per heavy atom. The van der Waals surface area contributed by atoms with Crippen molar-refractivity contribution in [1.29, 1.82) is 0 Å². The Kier molecular flexibility index (Phi) is 13.3. The van der Waals surface area contributed by atoms with E-state index in [9.17, 15) is 0 Å². The van der Waals surface area contributed by atoms with Crippen molar-refractivity contribution in [2.24, 2.45) is 0 Å². The Bertz CT molecular complexity index is 307. The van der Waals surface area contributed by atoms with Gasteiger partial charge in [0.1, 0.15) is 0 Å². The van der Waals surface area contributed by atoms with Crippen LogP contribution >= 0.6 is 0 Å². The van der Waals surface area contributed by atoms with Crippen molar-refractivity contribution in [2.45, 2.75) is 70.8 Å². The van der Waals surface area contributed by atoms with Gasteiger partial charge in [-0.15, -0.1) is 0 Å². The minimum absolute atomic E-state index is 0.494. The Morgan fingerprint density at radius 1 is 1.05 bits per heavy atom. The highest BCUT2D eigenvalue weighted by atomic mass is 32.3. The molecular weight excluding hydrogens is 294 g/mol. The van der Waals surface area contributed by atoms with E-state index in [1.54, 1.807) is 0 Å². The van der Waals surface area contributed by atoms with Gasteiger partial charge in [-0.1, -0.05) is 58.3 Å². The lowest BCUT2D eigenvalue weighted by molar-refractivity contribution is 0.0220. The van der Waals surface area contributed by atoms with Gasteiger partial charge in [-0.2, -0.15) is 8.42 Å². The summed E-state index contributed by atoms with van der Waals surface area (Å²) in [7, 11) is -4.67. The number of hydrogen-bond donors (Lipinski definition) is 3. The molecule has 1 aliphatic rings. The van der Waals surface area contributed by atoms with Crippen molar-refractivity contribution in [3.8, 4) is 0 Å². The first-order valence-corrected chi connectivity index (χ1v) is 9.35. The molecule has 1 unspecified atom stereocenters. The maximum atomic E-state index is 8.74. The predicted octanol–water partition coefficient (Wildman–Crippen LogP) is 2.85. The average molecular weight is 325 g/mol. The molecular formula is C14H31NO5S. The van der Waals surface area contributed by atoms with Gasteiger partial charge in [0.15, 0.2) is 0 Å². The van der Waals surface area contributed by atoms with Crippen LogP contribution in [0.2, 0.25) is 0 Å². The van der Waals surface area contributed by atoms with Crippen molar-refractivity contribution >= 4 is 10.4 Å². The van der Waals surface area contributed by atoms with Gasteiger partial charge in [-0.25, -0.2) is 0 Å². The molecule has 1 fully saturated rings. The minimum Gasteiger partial charge on any atom is -0.376 e. The van der Waals surface area contributed by atoms with Crippen LogP contribution in [0.3, 0.4) is 0 Å². The summed E-state index contributed by atoms with van der Waals surface area (Å²) in [5.41, 5.74) is 0. The molecule has 1 atom stereocenters. The molecule has 0 aliphatic carbocycles. The molecule has 0 aromatic heterocycles. The zero-order valence-electron chi connectivity index (χ0n) is 13.1. The SMILES string of the molecule is CCCCCCCCCCC1CNCCO1.O=S(=O)(O)O. The summed E-state index contributed by atoms with van der Waals surface area (Å²) in [4.78, 5) is 0. The second kappa shape index (κ2) is 13.5. The standard InChI is InChI=1S/C14H29NO.H2O4S/c1-2-3-4-5-6-7-8-9-10-14-13-15-11-12-16-14;1-5(2,3)4/h14-15H,2-13H2,1H3;(H2,1,2,3,4). The van der Waals surface area contributed by atoms with Crippen LogP contribution in [0.1, 0.15) is 64.7 Å². The first-order valence-electron chi connectivity index (χ1n) is 7.95. The van der Waals surface area contributed by atoms with Gasteiger partial charge in [0, 0.05) is 13.1 Å². The molecule has 1 heterocycles. The van der Waals surface area contributed by atoms with Crippen LogP contribution in [0.5, 0.6) is 0 Å². The van der Waals surface area contributed by atoms with E-state index in [2.05, 4.69) is 12.2 Å². The molecule has 0 bridgehead atoms. The molecule has 128 valence electrons. The number of ether oxygens (including phenoxy) is 1. The van der Waals surface area contributed by atoms with Gasteiger partial charge in [-0.3, -0.25) is 9.11 Å².